The number of hydrogen-bond donors (Lipinski definition) is 1. The number of nitrogens with one attached hydrogen (secondary N) is 1. The summed E-state index contributed by atoms with van der Waals surface area (Å²) < 4.78 is 42.4. The lowest BCUT2D eigenvalue weighted by atomic mass is 10.1. The molecule has 0 aliphatic heterocycles. The van der Waals surface area contributed by atoms with Gasteiger partial charge in [-0.1, -0.05) is 48.9 Å². The average molecular weight is 554 g/mol. The lowest BCUT2D eigenvalue weighted by Crippen LogP contribution is -2.53. The van der Waals surface area contributed by atoms with E-state index in [9.17, 15) is 22.4 Å². The van der Waals surface area contributed by atoms with Gasteiger partial charge in [-0.25, -0.2) is 12.8 Å². The number of sulfonamides is 1. The molecule has 39 heavy (non-hydrogen) atoms. The van der Waals surface area contributed by atoms with Crippen LogP contribution in [0, 0.1) is 19.7 Å². The van der Waals surface area contributed by atoms with Gasteiger partial charge in [0, 0.05) is 12.6 Å². The second-order valence-corrected chi connectivity index (χ2v) is 11.8. The van der Waals surface area contributed by atoms with Gasteiger partial charge in [0.25, 0.3) is 10.0 Å². The molecule has 0 saturated heterocycles. The number of nitrogens with zero attached hydrogens (tertiary/aromatic N) is 2. The maximum absolute atomic E-state index is 14.0. The Balaban J connectivity index is 2.06. The van der Waals surface area contributed by atoms with Gasteiger partial charge in [0.2, 0.25) is 11.8 Å². The zero-order chi connectivity index (χ0) is 28.7. The Kier molecular flexibility index (Phi) is 9.86. The van der Waals surface area contributed by atoms with Crippen molar-refractivity contribution >= 4 is 27.5 Å². The Morgan fingerprint density at radius 3 is 2.13 bits per heavy atom. The standard InChI is InChI=1S/C30H36FN3O4S/c1-6-28(30(36)32-21(2)3)33(19-24-12-14-25(31)15-13-24)29(35)20-34(26-9-7-8-23(5)18-26)39(37,38)27-16-10-22(4)11-17-27/h7-18,21,28H,6,19-20H2,1-5H3,(H,32,36). The van der Waals surface area contributed by atoms with Crippen LogP contribution in [0.25, 0.3) is 0 Å². The smallest absolute Gasteiger partial charge is 0.264 e. The summed E-state index contributed by atoms with van der Waals surface area (Å²) in [6, 6.07) is 18.0. The molecule has 0 fully saturated rings. The van der Waals surface area contributed by atoms with Crippen molar-refractivity contribution in [2.75, 3.05) is 10.8 Å². The molecule has 208 valence electrons. The summed E-state index contributed by atoms with van der Waals surface area (Å²) in [5.74, 6) is -1.32. The van der Waals surface area contributed by atoms with Crippen molar-refractivity contribution < 1.29 is 22.4 Å². The summed E-state index contributed by atoms with van der Waals surface area (Å²) in [5.41, 5.74) is 2.68. The van der Waals surface area contributed by atoms with Crippen molar-refractivity contribution in [2.24, 2.45) is 0 Å². The zero-order valence-corrected chi connectivity index (χ0v) is 23.8. The van der Waals surface area contributed by atoms with E-state index in [0.717, 1.165) is 15.4 Å². The van der Waals surface area contributed by atoms with Crippen LogP contribution in [0.5, 0.6) is 0 Å². The number of amides is 2. The maximum atomic E-state index is 14.0. The highest BCUT2D eigenvalue weighted by Crippen LogP contribution is 2.26. The quantitative estimate of drug-likeness (QED) is 0.363. The van der Waals surface area contributed by atoms with Crippen LogP contribution in [-0.4, -0.2) is 43.8 Å². The predicted molar refractivity (Wildman–Crippen MR) is 151 cm³/mol. The van der Waals surface area contributed by atoms with Gasteiger partial charge in [0.15, 0.2) is 0 Å². The Labute approximate surface area is 230 Å². The number of rotatable bonds is 11. The molecule has 3 aromatic carbocycles. The van der Waals surface area contributed by atoms with E-state index in [1.807, 2.05) is 33.8 Å². The minimum absolute atomic E-state index is 0.00930. The van der Waals surface area contributed by atoms with E-state index in [4.69, 9.17) is 0 Å². The largest absolute Gasteiger partial charge is 0.352 e. The minimum atomic E-state index is -4.13. The molecule has 0 aliphatic carbocycles. The first-order chi connectivity index (χ1) is 18.4. The van der Waals surface area contributed by atoms with Crippen molar-refractivity contribution in [1.29, 1.82) is 0 Å². The summed E-state index contributed by atoms with van der Waals surface area (Å²) >= 11 is 0. The minimum Gasteiger partial charge on any atom is -0.352 e. The molecule has 1 unspecified atom stereocenters. The summed E-state index contributed by atoms with van der Waals surface area (Å²) in [6.45, 7) is 8.62. The molecule has 3 aromatic rings. The lowest BCUT2D eigenvalue weighted by molar-refractivity contribution is -0.140. The molecule has 0 saturated carbocycles. The normalized spacial score (nSPS) is 12.2. The van der Waals surface area contributed by atoms with Crippen LogP contribution in [0.3, 0.4) is 0 Å². The van der Waals surface area contributed by atoms with Crippen LogP contribution in [-0.2, 0) is 26.2 Å². The van der Waals surface area contributed by atoms with Gasteiger partial charge < -0.3 is 10.2 Å². The fraction of sp³-hybridized carbons (Fsp3) is 0.333. The predicted octanol–water partition coefficient (Wildman–Crippen LogP) is 4.97. The van der Waals surface area contributed by atoms with Crippen molar-refractivity contribution in [1.82, 2.24) is 10.2 Å². The average Bonchev–Trinajstić information content (AvgIpc) is 2.88. The first-order valence-corrected chi connectivity index (χ1v) is 14.4. The van der Waals surface area contributed by atoms with Crippen LogP contribution in [0.4, 0.5) is 10.1 Å². The highest BCUT2D eigenvalue weighted by Gasteiger charge is 2.33. The Bertz CT molecular complexity index is 1390. The molecule has 0 bridgehead atoms. The first kappa shape index (κ1) is 29.8. The van der Waals surface area contributed by atoms with E-state index in [2.05, 4.69) is 5.32 Å². The summed E-state index contributed by atoms with van der Waals surface area (Å²) in [7, 11) is -4.13. The SMILES string of the molecule is CCC(C(=O)NC(C)C)N(Cc1ccc(F)cc1)C(=O)CN(c1cccc(C)c1)S(=O)(=O)c1ccc(C)cc1. The number of anilines is 1. The molecule has 3 rings (SSSR count). The first-order valence-electron chi connectivity index (χ1n) is 12.9. The van der Waals surface area contributed by atoms with Crippen molar-refractivity contribution in [3.63, 3.8) is 0 Å². The van der Waals surface area contributed by atoms with Gasteiger partial charge in [-0.3, -0.25) is 13.9 Å². The van der Waals surface area contributed by atoms with Gasteiger partial charge in [0.05, 0.1) is 10.6 Å². The van der Waals surface area contributed by atoms with E-state index < -0.39 is 34.3 Å². The Morgan fingerprint density at radius 1 is 0.923 bits per heavy atom. The molecular weight excluding hydrogens is 517 g/mol. The maximum Gasteiger partial charge on any atom is 0.264 e. The number of carbonyl (C=O) groups excluding carboxylic acids is 2. The van der Waals surface area contributed by atoms with E-state index >= 15 is 0 Å². The monoisotopic (exact) mass is 553 g/mol. The van der Waals surface area contributed by atoms with Gasteiger partial charge in [-0.2, -0.15) is 0 Å². The molecular formula is C30H36FN3O4S. The van der Waals surface area contributed by atoms with E-state index in [1.54, 1.807) is 49.4 Å². The van der Waals surface area contributed by atoms with Gasteiger partial charge in [-0.15, -0.1) is 0 Å². The molecule has 0 heterocycles. The molecule has 0 spiro atoms. The topological polar surface area (TPSA) is 86.8 Å². The molecule has 1 N–H and O–H groups in total. The molecule has 7 nitrogen and oxygen atoms in total. The fourth-order valence-electron chi connectivity index (χ4n) is 4.24. The fourth-order valence-corrected chi connectivity index (χ4v) is 5.64. The van der Waals surface area contributed by atoms with Crippen LogP contribution < -0.4 is 9.62 Å². The highest BCUT2D eigenvalue weighted by molar-refractivity contribution is 7.92. The van der Waals surface area contributed by atoms with Gasteiger partial charge >= 0.3 is 0 Å². The molecule has 9 heteroatoms. The number of carbonyl (C=O) groups is 2. The number of aryl methyl sites for hydroxylation is 2. The molecule has 0 aliphatic rings. The van der Waals surface area contributed by atoms with Crippen molar-refractivity contribution in [2.45, 2.75) is 64.6 Å². The van der Waals surface area contributed by atoms with E-state index in [-0.39, 0.29) is 23.4 Å². The van der Waals surface area contributed by atoms with Crippen LogP contribution in [0.1, 0.15) is 43.9 Å². The van der Waals surface area contributed by atoms with E-state index in [1.165, 1.54) is 29.2 Å². The molecule has 0 radical (unpaired) electrons. The number of benzene rings is 3. The van der Waals surface area contributed by atoms with Crippen molar-refractivity contribution in [3.8, 4) is 0 Å². The second kappa shape index (κ2) is 12.9. The van der Waals surface area contributed by atoms with Crippen LogP contribution in [0.15, 0.2) is 77.7 Å². The van der Waals surface area contributed by atoms with Crippen molar-refractivity contribution in [3.05, 3.63) is 95.3 Å². The van der Waals surface area contributed by atoms with E-state index in [0.29, 0.717) is 17.7 Å². The van der Waals surface area contributed by atoms with Gasteiger partial charge in [0.1, 0.15) is 18.4 Å². The summed E-state index contributed by atoms with van der Waals surface area (Å²) in [4.78, 5) is 28.5. The summed E-state index contributed by atoms with van der Waals surface area (Å²) in [6.07, 6.45) is 0.306. The second-order valence-electron chi connectivity index (χ2n) is 9.90. The summed E-state index contributed by atoms with van der Waals surface area (Å²) in [5, 5.41) is 2.85. The van der Waals surface area contributed by atoms with Crippen LogP contribution >= 0.6 is 0 Å². The number of halogens is 1. The Morgan fingerprint density at radius 2 is 1.56 bits per heavy atom. The Hall–Kier alpha value is -3.72. The third-order valence-electron chi connectivity index (χ3n) is 6.26. The van der Waals surface area contributed by atoms with Crippen LogP contribution in [0.2, 0.25) is 0 Å². The molecule has 1 atom stereocenters. The highest BCUT2D eigenvalue weighted by atomic mass is 32.2. The zero-order valence-electron chi connectivity index (χ0n) is 23.0. The number of hydrogen-bond acceptors (Lipinski definition) is 4. The third kappa shape index (κ3) is 7.66. The lowest BCUT2D eigenvalue weighted by Gasteiger charge is -2.33. The molecule has 2 amide bonds. The third-order valence-corrected chi connectivity index (χ3v) is 8.05. The molecule has 0 aromatic heterocycles. The van der Waals surface area contributed by atoms with Gasteiger partial charge in [-0.05, 0) is 81.6 Å².